The van der Waals surface area contributed by atoms with Gasteiger partial charge in [-0.25, -0.2) is 17.5 Å². The SMILES string of the molecule is Cc1cc(NS(=O)(=O)c2c(N)cccc2F)on1. The molecule has 8 heteroatoms. The summed E-state index contributed by atoms with van der Waals surface area (Å²) in [4.78, 5) is -0.612. The molecule has 96 valence electrons. The van der Waals surface area contributed by atoms with Gasteiger partial charge in [-0.2, -0.15) is 0 Å². The van der Waals surface area contributed by atoms with Crippen molar-refractivity contribution in [2.24, 2.45) is 0 Å². The maximum absolute atomic E-state index is 13.5. The lowest BCUT2D eigenvalue weighted by atomic mass is 10.3. The number of nitrogen functional groups attached to an aromatic ring is 1. The van der Waals surface area contributed by atoms with Gasteiger partial charge in [0.05, 0.1) is 11.4 Å². The Labute approximate surface area is 103 Å². The summed E-state index contributed by atoms with van der Waals surface area (Å²) >= 11 is 0. The summed E-state index contributed by atoms with van der Waals surface area (Å²) in [6.45, 7) is 1.62. The van der Waals surface area contributed by atoms with Crippen molar-refractivity contribution < 1.29 is 17.3 Å². The highest BCUT2D eigenvalue weighted by atomic mass is 32.2. The molecule has 3 N–H and O–H groups in total. The molecule has 0 aliphatic heterocycles. The van der Waals surface area contributed by atoms with Crippen LogP contribution in [0.15, 0.2) is 33.7 Å². The first-order valence-electron chi connectivity index (χ1n) is 4.90. The highest BCUT2D eigenvalue weighted by molar-refractivity contribution is 7.92. The number of sulfonamides is 1. The highest BCUT2D eigenvalue weighted by Crippen LogP contribution is 2.24. The minimum Gasteiger partial charge on any atom is -0.398 e. The minimum atomic E-state index is -4.15. The topological polar surface area (TPSA) is 98.2 Å². The van der Waals surface area contributed by atoms with E-state index in [-0.39, 0.29) is 11.6 Å². The molecule has 2 aromatic rings. The largest absolute Gasteiger partial charge is 0.398 e. The normalized spacial score (nSPS) is 11.4. The molecule has 0 aliphatic rings. The van der Waals surface area contributed by atoms with Crippen molar-refractivity contribution in [1.82, 2.24) is 5.16 Å². The Hall–Kier alpha value is -2.09. The second-order valence-corrected chi connectivity index (χ2v) is 5.22. The number of halogens is 1. The lowest BCUT2D eigenvalue weighted by Gasteiger charge is -2.08. The molecule has 0 amide bonds. The Morgan fingerprint density at radius 2 is 2.17 bits per heavy atom. The van der Waals surface area contributed by atoms with E-state index in [1.54, 1.807) is 6.92 Å². The second kappa shape index (κ2) is 4.30. The van der Waals surface area contributed by atoms with Crippen molar-refractivity contribution >= 4 is 21.6 Å². The number of aromatic nitrogens is 1. The molecule has 0 fully saturated rings. The van der Waals surface area contributed by atoms with E-state index < -0.39 is 20.7 Å². The maximum atomic E-state index is 13.5. The molecule has 0 bridgehead atoms. The average molecular weight is 271 g/mol. The molecule has 0 unspecified atom stereocenters. The van der Waals surface area contributed by atoms with Gasteiger partial charge < -0.3 is 10.3 Å². The van der Waals surface area contributed by atoms with E-state index in [0.29, 0.717) is 5.69 Å². The van der Waals surface area contributed by atoms with Crippen molar-refractivity contribution in [2.75, 3.05) is 10.5 Å². The molecule has 0 saturated heterocycles. The van der Waals surface area contributed by atoms with Crippen LogP contribution in [0.3, 0.4) is 0 Å². The number of hydrogen-bond acceptors (Lipinski definition) is 5. The number of benzene rings is 1. The van der Waals surface area contributed by atoms with E-state index in [0.717, 1.165) is 6.07 Å². The van der Waals surface area contributed by atoms with Gasteiger partial charge >= 0.3 is 0 Å². The van der Waals surface area contributed by atoms with E-state index in [4.69, 9.17) is 10.3 Å². The first kappa shape index (κ1) is 12.4. The van der Waals surface area contributed by atoms with Crippen LogP contribution < -0.4 is 10.5 Å². The summed E-state index contributed by atoms with van der Waals surface area (Å²) < 4.78 is 44.1. The van der Waals surface area contributed by atoms with Crippen LogP contribution in [0.5, 0.6) is 0 Å². The third-order valence-electron chi connectivity index (χ3n) is 2.13. The number of nitrogens with one attached hydrogen (secondary N) is 1. The quantitative estimate of drug-likeness (QED) is 0.824. The summed E-state index contributed by atoms with van der Waals surface area (Å²) in [6, 6.07) is 5.00. The fourth-order valence-electron chi connectivity index (χ4n) is 1.40. The molecule has 2 rings (SSSR count). The van der Waals surface area contributed by atoms with Gasteiger partial charge in [-0.3, -0.25) is 0 Å². The van der Waals surface area contributed by atoms with Crippen LogP contribution in [-0.2, 0) is 10.0 Å². The van der Waals surface area contributed by atoms with Gasteiger partial charge in [-0.1, -0.05) is 11.2 Å². The smallest absolute Gasteiger partial charge is 0.269 e. The predicted molar refractivity (Wildman–Crippen MR) is 62.9 cm³/mol. The van der Waals surface area contributed by atoms with Crippen LogP contribution in [0, 0.1) is 12.7 Å². The molecule has 18 heavy (non-hydrogen) atoms. The van der Waals surface area contributed by atoms with Gasteiger partial charge in [0.15, 0.2) is 0 Å². The van der Waals surface area contributed by atoms with Gasteiger partial charge in [0, 0.05) is 6.07 Å². The molecule has 0 atom stereocenters. The fourth-order valence-corrected chi connectivity index (χ4v) is 2.57. The number of rotatable bonds is 3. The van der Waals surface area contributed by atoms with Gasteiger partial charge in [0.2, 0.25) is 5.88 Å². The summed E-state index contributed by atoms with van der Waals surface area (Å²) in [5.74, 6) is -1.03. The predicted octanol–water partition coefficient (Wildman–Crippen LogP) is 1.51. The Balaban J connectivity index is 2.43. The van der Waals surface area contributed by atoms with Crippen LogP contribution in [0.4, 0.5) is 16.0 Å². The standard InChI is InChI=1S/C10H10FN3O3S/c1-6-5-9(17-13-6)14-18(15,16)10-7(11)3-2-4-8(10)12/h2-5,14H,12H2,1H3. The molecule has 0 radical (unpaired) electrons. The van der Waals surface area contributed by atoms with Gasteiger partial charge in [-0.05, 0) is 19.1 Å². The van der Waals surface area contributed by atoms with E-state index in [9.17, 15) is 12.8 Å². The first-order valence-corrected chi connectivity index (χ1v) is 6.38. The Kier molecular flexibility index (Phi) is 2.95. The molecule has 1 aromatic carbocycles. The van der Waals surface area contributed by atoms with E-state index >= 15 is 0 Å². The Morgan fingerprint density at radius 1 is 1.44 bits per heavy atom. The molecule has 6 nitrogen and oxygen atoms in total. The Bertz CT molecular complexity index is 661. The van der Waals surface area contributed by atoms with Crippen LogP contribution in [0.2, 0.25) is 0 Å². The number of hydrogen-bond donors (Lipinski definition) is 2. The molecule has 0 saturated carbocycles. The zero-order valence-electron chi connectivity index (χ0n) is 9.34. The van der Waals surface area contributed by atoms with Gasteiger partial charge in [0.1, 0.15) is 10.7 Å². The third-order valence-corrected chi connectivity index (χ3v) is 3.57. The summed E-state index contributed by atoms with van der Waals surface area (Å²) in [6.07, 6.45) is 0. The maximum Gasteiger partial charge on any atom is 0.269 e. The second-order valence-electron chi connectivity index (χ2n) is 3.60. The van der Waals surface area contributed by atoms with Gasteiger partial charge in [-0.15, -0.1) is 0 Å². The van der Waals surface area contributed by atoms with E-state index in [1.165, 1.54) is 18.2 Å². The molecule has 0 spiro atoms. The zero-order valence-corrected chi connectivity index (χ0v) is 10.2. The molecular weight excluding hydrogens is 261 g/mol. The number of nitrogens with two attached hydrogens (primary N) is 1. The van der Waals surface area contributed by atoms with Crippen molar-refractivity contribution in [3.63, 3.8) is 0 Å². The highest BCUT2D eigenvalue weighted by Gasteiger charge is 2.23. The van der Waals surface area contributed by atoms with Crippen LogP contribution in [-0.4, -0.2) is 13.6 Å². The average Bonchev–Trinajstić information content (AvgIpc) is 2.62. The lowest BCUT2D eigenvalue weighted by Crippen LogP contribution is -2.16. The lowest BCUT2D eigenvalue weighted by molar-refractivity contribution is 0.430. The summed E-state index contributed by atoms with van der Waals surface area (Å²) in [5, 5.41) is 3.51. The van der Waals surface area contributed by atoms with Crippen LogP contribution >= 0.6 is 0 Å². The Morgan fingerprint density at radius 3 is 2.72 bits per heavy atom. The molecule has 0 aliphatic carbocycles. The van der Waals surface area contributed by atoms with Crippen LogP contribution in [0.1, 0.15) is 5.69 Å². The van der Waals surface area contributed by atoms with Crippen molar-refractivity contribution in [2.45, 2.75) is 11.8 Å². The van der Waals surface area contributed by atoms with E-state index in [2.05, 4.69) is 9.88 Å². The molecule has 1 heterocycles. The van der Waals surface area contributed by atoms with Crippen molar-refractivity contribution in [1.29, 1.82) is 0 Å². The third kappa shape index (κ3) is 2.28. The number of aryl methyl sites for hydroxylation is 1. The zero-order chi connectivity index (χ0) is 13.3. The summed E-state index contributed by atoms with van der Waals surface area (Å²) in [7, 11) is -4.15. The number of anilines is 2. The van der Waals surface area contributed by atoms with Crippen LogP contribution in [0.25, 0.3) is 0 Å². The molecular formula is C10H10FN3O3S. The van der Waals surface area contributed by atoms with E-state index in [1.807, 2.05) is 0 Å². The minimum absolute atomic E-state index is 0.102. The summed E-state index contributed by atoms with van der Waals surface area (Å²) in [5.41, 5.74) is 5.77. The number of nitrogens with zero attached hydrogens (tertiary/aromatic N) is 1. The van der Waals surface area contributed by atoms with Crippen molar-refractivity contribution in [3.05, 3.63) is 35.8 Å². The fraction of sp³-hybridized carbons (Fsp3) is 0.100. The molecule has 1 aromatic heterocycles. The first-order chi connectivity index (χ1) is 8.40. The van der Waals surface area contributed by atoms with Gasteiger partial charge in [0.25, 0.3) is 10.0 Å². The van der Waals surface area contributed by atoms with Crippen molar-refractivity contribution in [3.8, 4) is 0 Å². The monoisotopic (exact) mass is 271 g/mol.